The van der Waals surface area contributed by atoms with Gasteiger partial charge >= 0.3 is 6.18 Å². The van der Waals surface area contributed by atoms with Crippen LogP contribution >= 0.6 is 0 Å². The molecular formula is C35H25F3N4. The molecule has 0 bridgehead atoms. The molecule has 0 fully saturated rings. The monoisotopic (exact) mass is 558 g/mol. The van der Waals surface area contributed by atoms with Crippen LogP contribution in [0.2, 0.25) is 0 Å². The van der Waals surface area contributed by atoms with Crippen LogP contribution in [-0.2, 0) is 19.3 Å². The number of anilines is 2. The summed E-state index contributed by atoms with van der Waals surface area (Å²) in [5.41, 5.74) is 11.7. The summed E-state index contributed by atoms with van der Waals surface area (Å²) in [6, 6.07) is 37.9. The molecule has 0 amide bonds. The molecule has 0 saturated heterocycles. The molecule has 0 aliphatic rings. The van der Waals surface area contributed by atoms with Crippen molar-refractivity contribution in [1.29, 1.82) is 10.5 Å². The van der Waals surface area contributed by atoms with Gasteiger partial charge in [0.1, 0.15) is 0 Å². The first-order chi connectivity index (χ1) is 20.2. The Morgan fingerprint density at radius 2 is 1.07 bits per heavy atom. The van der Waals surface area contributed by atoms with Crippen molar-refractivity contribution in [3.63, 3.8) is 0 Å². The van der Waals surface area contributed by atoms with E-state index in [4.69, 9.17) is 5.73 Å². The molecule has 5 aromatic rings. The van der Waals surface area contributed by atoms with Gasteiger partial charge in [-0.25, -0.2) is 0 Å². The normalized spacial score (nSPS) is 11.0. The molecular weight excluding hydrogens is 533 g/mol. The molecule has 0 unspecified atom stereocenters. The molecule has 0 aliphatic heterocycles. The maximum Gasteiger partial charge on any atom is 0.416 e. The van der Waals surface area contributed by atoms with Crippen molar-refractivity contribution >= 4 is 11.4 Å². The minimum atomic E-state index is -4.54. The molecule has 2 N–H and O–H groups in total. The molecule has 42 heavy (non-hydrogen) atoms. The number of alkyl halides is 3. The zero-order valence-electron chi connectivity index (χ0n) is 22.4. The number of nitrogen functional groups attached to an aromatic ring is 1. The second-order valence-electron chi connectivity index (χ2n) is 9.88. The lowest BCUT2D eigenvalue weighted by molar-refractivity contribution is -0.137. The largest absolute Gasteiger partial charge is 0.416 e. The van der Waals surface area contributed by atoms with Gasteiger partial charge in [-0.3, -0.25) is 0 Å². The maximum absolute atomic E-state index is 13.7. The quantitative estimate of drug-likeness (QED) is 0.203. The van der Waals surface area contributed by atoms with E-state index in [1.54, 1.807) is 18.2 Å². The Balaban J connectivity index is 1.47. The molecule has 0 atom stereocenters. The smallest absolute Gasteiger partial charge is 0.399 e. The average Bonchev–Trinajstić information content (AvgIpc) is 3.00. The molecule has 4 nitrogen and oxygen atoms in total. The molecule has 0 radical (unpaired) electrons. The van der Waals surface area contributed by atoms with Gasteiger partial charge in [-0.1, -0.05) is 84.9 Å². The third-order valence-corrected chi connectivity index (χ3v) is 7.00. The first kappa shape index (κ1) is 28.0. The Hall–Kier alpha value is -5.53. The SMILES string of the molecule is N#Cc1ccccc1-c1ccc(CN(Cc2ccc(-c3ccccc3C#N)cc2)c2cc(N)cc(C(F)(F)F)c2)cc1. The Bertz CT molecular complexity index is 1690. The van der Waals surface area contributed by atoms with Crippen LogP contribution in [0.1, 0.15) is 27.8 Å². The minimum absolute atomic E-state index is 0.0248. The predicted molar refractivity (Wildman–Crippen MR) is 159 cm³/mol. The number of rotatable bonds is 7. The first-order valence-electron chi connectivity index (χ1n) is 13.1. The topological polar surface area (TPSA) is 76.8 Å². The van der Waals surface area contributed by atoms with E-state index in [0.717, 1.165) is 45.5 Å². The number of nitrogens with two attached hydrogens (primary N) is 1. The number of nitriles is 2. The zero-order valence-corrected chi connectivity index (χ0v) is 22.4. The molecule has 0 aliphatic carbocycles. The van der Waals surface area contributed by atoms with E-state index in [1.165, 1.54) is 0 Å². The highest BCUT2D eigenvalue weighted by atomic mass is 19.4. The molecule has 5 rings (SSSR count). The minimum Gasteiger partial charge on any atom is -0.399 e. The highest BCUT2D eigenvalue weighted by molar-refractivity contribution is 5.72. The van der Waals surface area contributed by atoms with Crippen LogP contribution in [0.4, 0.5) is 24.5 Å². The van der Waals surface area contributed by atoms with Crippen molar-refractivity contribution in [2.75, 3.05) is 10.6 Å². The van der Waals surface area contributed by atoms with E-state index in [1.807, 2.05) is 89.8 Å². The average molecular weight is 559 g/mol. The van der Waals surface area contributed by atoms with Gasteiger partial charge in [-0.2, -0.15) is 23.7 Å². The number of nitrogens with zero attached hydrogens (tertiary/aromatic N) is 3. The summed E-state index contributed by atoms with van der Waals surface area (Å²) in [5, 5.41) is 18.9. The lowest BCUT2D eigenvalue weighted by Gasteiger charge is -2.27. The first-order valence-corrected chi connectivity index (χ1v) is 13.1. The Morgan fingerprint density at radius 1 is 0.619 bits per heavy atom. The Morgan fingerprint density at radius 3 is 1.50 bits per heavy atom. The second kappa shape index (κ2) is 11.9. The van der Waals surface area contributed by atoms with Gasteiger partial charge < -0.3 is 10.6 Å². The van der Waals surface area contributed by atoms with Crippen molar-refractivity contribution in [2.45, 2.75) is 19.3 Å². The van der Waals surface area contributed by atoms with E-state index in [9.17, 15) is 23.7 Å². The van der Waals surface area contributed by atoms with Gasteiger partial charge in [0.25, 0.3) is 0 Å². The van der Waals surface area contributed by atoms with Gasteiger partial charge in [0.2, 0.25) is 0 Å². The summed E-state index contributed by atoms with van der Waals surface area (Å²) in [7, 11) is 0. The Labute approximate surface area is 242 Å². The standard InChI is InChI=1S/C35H25F3N4/c36-35(37,38)30-17-31(41)19-32(18-30)42(22-24-9-13-26(14-10-24)33-7-3-1-5-28(33)20-39)23-25-11-15-27(16-12-25)34-8-4-2-6-29(34)21-40/h1-19H,22-23,41H2. The molecule has 0 aromatic heterocycles. The zero-order chi connectivity index (χ0) is 29.7. The van der Waals surface area contributed by atoms with Crippen LogP contribution < -0.4 is 10.6 Å². The van der Waals surface area contributed by atoms with Gasteiger partial charge in [-0.15, -0.1) is 0 Å². The summed E-state index contributed by atoms with van der Waals surface area (Å²) in [6.07, 6.45) is -4.54. The van der Waals surface area contributed by atoms with Crippen LogP contribution in [0.25, 0.3) is 22.3 Å². The van der Waals surface area contributed by atoms with Crippen molar-refractivity contribution < 1.29 is 13.2 Å². The third kappa shape index (κ3) is 6.27. The fourth-order valence-electron chi connectivity index (χ4n) is 4.90. The van der Waals surface area contributed by atoms with Gasteiger partial charge in [0, 0.05) is 24.5 Å². The van der Waals surface area contributed by atoms with E-state index < -0.39 is 11.7 Å². The molecule has 5 aromatic carbocycles. The van der Waals surface area contributed by atoms with Crippen molar-refractivity contribution in [3.05, 3.63) is 143 Å². The molecule has 206 valence electrons. The summed E-state index contributed by atoms with van der Waals surface area (Å²) in [5.74, 6) is 0. The van der Waals surface area contributed by atoms with E-state index in [-0.39, 0.29) is 5.69 Å². The summed E-state index contributed by atoms with van der Waals surface area (Å²) >= 11 is 0. The number of halogens is 3. The number of benzene rings is 5. The predicted octanol–water partition coefficient (Wildman–Crippen LogP) is 8.57. The van der Waals surface area contributed by atoms with Gasteiger partial charge in [0.05, 0.1) is 28.8 Å². The lowest BCUT2D eigenvalue weighted by Crippen LogP contribution is -2.23. The summed E-state index contributed by atoms with van der Waals surface area (Å²) in [6.45, 7) is 0.639. The van der Waals surface area contributed by atoms with E-state index in [2.05, 4.69) is 12.1 Å². The van der Waals surface area contributed by atoms with E-state index >= 15 is 0 Å². The number of hydrogen-bond acceptors (Lipinski definition) is 4. The summed E-state index contributed by atoms with van der Waals surface area (Å²) < 4.78 is 41.0. The molecule has 0 spiro atoms. The molecule has 0 saturated carbocycles. The van der Waals surface area contributed by atoms with Crippen LogP contribution in [0, 0.1) is 22.7 Å². The van der Waals surface area contributed by atoms with Crippen molar-refractivity contribution in [2.24, 2.45) is 0 Å². The third-order valence-electron chi connectivity index (χ3n) is 7.00. The fraction of sp³-hybridized carbons (Fsp3) is 0.0857. The van der Waals surface area contributed by atoms with Crippen LogP contribution in [0.15, 0.2) is 115 Å². The van der Waals surface area contributed by atoms with Gasteiger partial charge in [-0.05, 0) is 63.7 Å². The van der Waals surface area contributed by atoms with Crippen LogP contribution in [0.3, 0.4) is 0 Å². The fourth-order valence-corrected chi connectivity index (χ4v) is 4.90. The highest BCUT2D eigenvalue weighted by Crippen LogP contribution is 2.35. The lowest BCUT2D eigenvalue weighted by atomic mass is 9.98. The Kier molecular flexibility index (Phi) is 7.95. The van der Waals surface area contributed by atoms with Crippen LogP contribution in [0.5, 0.6) is 0 Å². The molecule has 0 heterocycles. The second-order valence-corrected chi connectivity index (χ2v) is 9.88. The number of hydrogen-bond donors (Lipinski definition) is 1. The highest BCUT2D eigenvalue weighted by Gasteiger charge is 2.31. The summed E-state index contributed by atoms with van der Waals surface area (Å²) in [4.78, 5) is 1.85. The van der Waals surface area contributed by atoms with Crippen molar-refractivity contribution in [3.8, 4) is 34.4 Å². The maximum atomic E-state index is 13.7. The van der Waals surface area contributed by atoms with E-state index in [0.29, 0.717) is 29.9 Å². The molecule has 7 heteroatoms. The van der Waals surface area contributed by atoms with Crippen LogP contribution in [-0.4, -0.2) is 0 Å². The van der Waals surface area contributed by atoms with Crippen molar-refractivity contribution in [1.82, 2.24) is 0 Å². The van der Waals surface area contributed by atoms with Gasteiger partial charge in [0.15, 0.2) is 0 Å².